The highest BCUT2D eigenvalue weighted by atomic mass is 32.2. The summed E-state index contributed by atoms with van der Waals surface area (Å²) >= 11 is 1.66. The van der Waals surface area contributed by atoms with Gasteiger partial charge in [0.05, 0.1) is 6.54 Å². The Hall–Kier alpha value is -1.49. The molecule has 1 aliphatic rings. The highest BCUT2D eigenvalue weighted by molar-refractivity contribution is 7.99. The Morgan fingerprint density at radius 3 is 2.67 bits per heavy atom. The van der Waals surface area contributed by atoms with Crippen LogP contribution in [0.25, 0.3) is 0 Å². The Morgan fingerprint density at radius 1 is 1.28 bits per heavy atom. The molecule has 1 fully saturated rings. The van der Waals surface area contributed by atoms with Crippen molar-refractivity contribution in [1.82, 2.24) is 10.2 Å². The summed E-state index contributed by atoms with van der Waals surface area (Å²) in [5.41, 5.74) is 2.53. The van der Waals surface area contributed by atoms with Crippen LogP contribution in [0.1, 0.15) is 11.1 Å². The highest BCUT2D eigenvalue weighted by Crippen LogP contribution is 2.21. The predicted molar refractivity (Wildman–Crippen MR) is 71.8 cm³/mol. The normalized spacial score (nSPS) is 15.1. The Morgan fingerprint density at radius 2 is 2.06 bits per heavy atom. The van der Waals surface area contributed by atoms with Crippen LogP contribution in [-0.2, 0) is 4.79 Å². The maximum atomic E-state index is 11.4. The van der Waals surface area contributed by atoms with Gasteiger partial charge in [-0.25, -0.2) is 4.79 Å². The monoisotopic (exact) mass is 264 g/mol. The molecule has 0 unspecified atom stereocenters. The first kappa shape index (κ1) is 13.0. The summed E-state index contributed by atoms with van der Waals surface area (Å²) in [5, 5.41) is 2.51. The van der Waals surface area contributed by atoms with E-state index in [4.69, 9.17) is 0 Å². The first-order valence-corrected chi connectivity index (χ1v) is 6.85. The predicted octanol–water partition coefficient (Wildman–Crippen LogP) is 1.95. The van der Waals surface area contributed by atoms with Gasteiger partial charge in [0, 0.05) is 17.2 Å². The summed E-state index contributed by atoms with van der Waals surface area (Å²) in [7, 11) is 0. The summed E-state index contributed by atoms with van der Waals surface area (Å²) in [4.78, 5) is 25.1. The fourth-order valence-corrected chi connectivity index (χ4v) is 2.67. The molecule has 0 bridgehead atoms. The minimum atomic E-state index is -0.277. The summed E-state index contributed by atoms with van der Waals surface area (Å²) in [6.07, 6.45) is 0. The number of hydrogen-bond acceptors (Lipinski definition) is 3. The lowest BCUT2D eigenvalue weighted by molar-refractivity contribution is -0.124. The van der Waals surface area contributed by atoms with Crippen molar-refractivity contribution in [2.45, 2.75) is 18.7 Å². The van der Waals surface area contributed by atoms with Gasteiger partial charge in [-0.1, -0.05) is 6.07 Å². The van der Waals surface area contributed by atoms with Crippen LogP contribution in [0.2, 0.25) is 0 Å². The third-order valence-corrected chi connectivity index (χ3v) is 3.97. The third kappa shape index (κ3) is 2.85. The molecule has 1 heterocycles. The molecule has 2 rings (SSSR count). The summed E-state index contributed by atoms with van der Waals surface area (Å²) < 4.78 is 0. The average Bonchev–Trinajstić information content (AvgIpc) is 2.65. The zero-order valence-electron chi connectivity index (χ0n) is 10.5. The van der Waals surface area contributed by atoms with Gasteiger partial charge in [0.2, 0.25) is 5.91 Å². The van der Waals surface area contributed by atoms with E-state index in [-0.39, 0.29) is 18.5 Å². The van der Waals surface area contributed by atoms with Crippen LogP contribution < -0.4 is 5.32 Å². The lowest BCUT2D eigenvalue weighted by atomic mass is 10.1. The summed E-state index contributed by atoms with van der Waals surface area (Å²) in [6.45, 7) is 4.75. The van der Waals surface area contributed by atoms with Crippen molar-refractivity contribution in [1.29, 1.82) is 0 Å². The van der Waals surface area contributed by atoms with Crippen molar-refractivity contribution >= 4 is 23.7 Å². The van der Waals surface area contributed by atoms with Crippen LogP contribution in [0.3, 0.4) is 0 Å². The van der Waals surface area contributed by atoms with Crippen molar-refractivity contribution in [2.24, 2.45) is 0 Å². The molecule has 3 amide bonds. The molecule has 1 N–H and O–H groups in total. The quantitative estimate of drug-likeness (QED) is 0.668. The first-order chi connectivity index (χ1) is 8.58. The first-order valence-electron chi connectivity index (χ1n) is 5.86. The molecule has 1 aromatic rings. The number of aryl methyl sites for hydroxylation is 2. The van der Waals surface area contributed by atoms with Gasteiger partial charge in [0.1, 0.15) is 0 Å². The van der Waals surface area contributed by atoms with E-state index >= 15 is 0 Å². The molecule has 18 heavy (non-hydrogen) atoms. The Balaban J connectivity index is 1.86. The maximum Gasteiger partial charge on any atom is 0.324 e. The van der Waals surface area contributed by atoms with Crippen molar-refractivity contribution in [3.8, 4) is 0 Å². The van der Waals surface area contributed by atoms with Crippen molar-refractivity contribution in [3.05, 3.63) is 29.3 Å². The lowest BCUT2D eigenvalue weighted by Gasteiger charge is -2.12. The largest absolute Gasteiger partial charge is 0.329 e. The smallest absolute Gasteiger partial charge is 0.324 e. The van der Waals surface area contributed by atoms with Crippen LogP contribution >= 0.6 is 11.8 Å². The Labute approximate surface area is 111 Å². The molecule has 0 aliphatic carbocycles. The number of imide groups is 1. The number of carbonyl (C=O) groups is 2. The summed E-state index contributed by atoms with van der Waals surface area (Å²) in [5.74, 6) is 0.586. The van der Waals surface area contributed by atoms with Gasteiger partial charge in [-0.05, 0) is 37.1 Å². The van der Waals surface area contributed by atoms with Crippen LogP contribution in [0.4, 0.5) is 4.79 Å². The fraction of sp³-hybridized carbons (Fsp3) is 0.385. The standard InChI is InChI=1S/C13H16N2O2S/c1-9-3-4-11(7-10(9)2)18-6-5-15-12(16)8-14-13(15)17/h3-4,7H,5-6,8H2,1-2H3,(H,14,17). The molecule has 0 atom stereocenters. The van der Waals surface area contributed by atoms with Gasteiger partial charge in [-0.15, -0.1) is 11.8 Å². The molecular weight excluding hydrogens is 248 g/mol. The number of hydrogen-bond donors (Lipinski definition) is 1. The maximum absolute atomic E-state index is 11.4. The fourth-order valence-electron chi connectivity index (χ4n) is 1.74. The van der Waals surface area contributed by atoms with E-state index in [0.29, 0.717) is 6.54 Å². The second-order valence-corrected chi connectivity index (χ2v) is 5.47. The van der Waals surface area contributed by atoms with Gasteiger partial charge >= 0.3 is 6.03 Å². The van der Waals surface area contributed by atoms with Crippen molar-refractivity contribution < 1.29 is 9.59 Å². The second kappa shape index (κ2) is 5.44. The lowest BCUT2D eigenvalue weighted by Crippen LogP contribution is -2.32. The number of amides is 3. The van der Waals surface area contributed by atoms with E-state index in [2.05, 4.69) is 37.4 Å². The Bertz CT molecular complexity index is 472. The van der Waals surface area contributed by atoms with E-state index < -0.39 is 0 Å². The molecular formula is C13H16N2O2S. The number of nitrogens with zero attached hydrogens (tertiary/aromatic N) is 1. The molecule has 0 spiro atoms. The molecule has 5 heteroatoms. The summed E-state index contributed by atoms with van der Waals surface area (Å²) in [6, 6.07) is 6.01. The number of carbonyl (C=O) groups excluding carboxylic acids is 2. The number of benzene rings is 1. The minimum Gasteiger partial charge on any atom is -0.329 e. The molecule has 1 aliphatic heterocycles. The molecule has 0 aromatic heterocycles. The SMILES string of the molecule is Cc1ccc(SCCN2C(=O)CNC2=O)cc1C. The molecule has 4 nitrogen and oxygen atoms in total. The number of thioether (sulfide) groups is 1. The third-order valence-electron chi connectivity index (χ3n) is 3.00. The molecule has 0 saturated carbocycles. The molecule has 1 saturated heterocycles. The van der Waals surface area contributed by atoms with Crippen molar-refractivity contribution in [3.63, 3.8) is 0 Å². The molecule has 1 aromatic carbocycles. The van der Waals surface area contributed by atoms with Gasteiger partial charge in [0.25, 0.3) is 0 Å². The van der Waals surface area contributed by atoms with E-state index in [1.165, 1.54) is 20.9 Å². The van der Waals surface area contributed by atoms with Crippen molar-refractivity contribution in [2.75, 3.05) is 18.8 Å². The van der Waals surface area contributed by atoms with E-state index in [1.807, 2.05) is 0 Å². The van der Waals surface area contributed by atoms with Gasteiger partial charge in [0.15, 0.2) is 0 Å². The van der Waals surface area contributed by atoms with Crippen LogP contribution in [0.15, 0.2) is 23.1 Å². The van der Waals surface area contributed by atoms with E-state index in [0.717, 1.165) is 5.75 Å². The van der Waals surface area contributed by atoms with Crippen LogP contribution in [0.5, 0.6) is 0 Å². The topological polar surface area (TPSA) is 49.4 Å². The second-order valence-electron chi connectivity index (χ2n) is 4.30. The zero-order chi connectivity index (χ0) is 13.1. The van der Waals surface area contributed by atoms with Gasteiger partial charge in [-0.2, -0.15) is 0 Å². The Kier molecular flexibility index (Phi) is 3.91. The van der Waals surface area contributed by atoms with E-state index in [1.54, 1.807) is 11.8 Å². The van der Waals surface area contributed by atoms with Gasteiger partial charge in [-0.3, -0.25) is 9.69 Å². The van der Waals surface area contributed by atoms with Gasteiger partial charge < -0.3 is 5.32 Å². The minimum absolute atomic E-state index is 0.132. The molecule has 0 radical (unpaired) electrons. The molecule has 96 valence electrons. The average molecular weight is 264 g/mol. The highest BCUT2D eigenvalue weighted by Gasteiger charge is 2.27. The van der Waals surface area contributed by atoms with Crippen LogP contribution in [-0.4, -0.2) is 35.7 Å². The van der Waals surface area contributed by atoms with E-state index in [9.17, 15) is 9.59 Å². The van der Waals surface area contributed by atoms with Crippen LogP contribution in [0, 0.1) is 13.8 Å². The zero-order valence-corrected chi connectivity index (χ0v) is 11.3. The number of rotatable bonds is 4. The number of urea groups is 1. The number of nitrogens with one attached hydrogen (secondary N) is 1.